The Kier molecular flexibility index (Phi) is 6.61. The normalized spacial score (nSPS) is 11.0. The zero-order valence-corrected chi connectivity index (χ0v) is 19.2. The molecule has 0 aliphatic rings. The van der Waals surface area contributed by atoms with Gasteiger partial charge in [-0.25, -0.2) is 4.39 Å². The summed E-state index contributed by atoms with van der Waals surface area (Å²) in [6, 6.07) is 23.6. The Morgan fingerprint density at radius 3 is 2.57 bits per heavy atom. The second-order valence-electron chi connectivity index (χ2n) is 7.95. The number of fused-ring (bicyclic) bond motifs is 1. The Balaban J connectivity index is 1.48. The highest BCUT2D eigenvalue weighted by Gasteiger charge is 2.14. The van der Waals surface area contributed by atoms with Crippen LogP contribution in [0.25, 0.3) is 33.4 Å². The van der Waals surface area contributed by atoms with Crippen molar-refractivity contribution >= 4 is 10.9 Å². The van der Waals surface area contributed by atoms with Gasteiger partial charge in [-0.15, -0.1) is 10.2 Å². The number of nitrogens with zero attached hydrogens (tertiary/aromatic N) is 4. The van der Waals surface area contributed by atoms with E-state index in [-0.39, 0.29) is 6.61 Å². The highest BCUT2D eigenvalue weighted by molar-refractivity contribution is 5.86. The van der Waals surface area contributed by atoms with E-state index in [4.69, 9.17) is 9.47 Å². The van der Waals surface area contributed by atoms with Crippen molar-refractivity contribution < 1.29 is 13.9 Å². The van der Waals surface area contributed by atoms with Crippen molar-refractivity contribution in [3.63, 3.8) is 0 Å². The molecular formula is C27H24FN5O2. The lowest BCUT2D eigenvalue weighted by atomic mass is 9.97. The van der Waals surface area contributed by atoms with Crippen molar-refractivity contribution in [2.24, 2.45) is 0 Å². The molecule has 0 unspecified atom stereocenters. The van der Waals surface area contributed by atoms with Crippen LogP contribution in [0.5, 0.6) is 11.5 Å². The number of aromatic nitrogens is 5. The molecule has 0 bridgehead atoms. The number of H-pyrrole nitrogens is 1. The van der Waals surface area contributed by atoms with Crippen LogP contribution in [-0.4, -0.2) is 38.9 Å². The van der Waals surface area contributed by atoms with Gasteiger partial charge in [-0.05, 0) is 52.6 Å². The van der Waals surface area contributed by atoms with E-state index in [0.717, 1.165) is 45.3 Å². The number of tetrazole rings is 1. The summed E-state index contributed by atoms with van der Waals surface area (Å²) in [5, 5.41) is 15.5. The lowest BCUT2D eigenvalue weighted by Gasteiger charge is -2.14. The van der Waals surface area contributed by atoms with Crippen molar-refractivity contribution in [3.8, 4) is 34.0 Å². The summed E-state index contributed by atoms with van der Waals surface area (Å²) in [5.74, 6) is 1.80. The van der Waals surface area contributed by atoms with Crippen LogP contribution in [-0.2, 0) is 13.0 Å². The van der Waals surface area contributed by atoms with E-state index in [0.29, 0.717) is 23.9 Å². The van der Waals surface area contributed by atoms with Crippen molar-refractivity contribution in [1.82, 2.24) is 25.6 Å². The summed E-state index contributed by atoms with van der Waals surface area (Å²) in [7, 11) is 0. The number of rotatable bonds is 9. The van der Waals surface area contributed by atoms with E-state index in [1.54, 1.807) is 6.07 Å². The molecule has 0 saturated heterocycles. The molecule has 35 heavy (non-hydrogen) atoms. The summed E-state index contributed by atoms with van der Waals surface area (Å²) in [6.45, 7) is 1.85. The van der Waals surface area contributed by atoms with Gasteiger partial charge >= 0.3 is 0 Å². The molecule has 0 aliphatic heterocycles. The van der Waals surface area contributed by atoms with Crippen LogP contribution < -0.4 is 9.47 Å². The van der Waals surface area contributed by atoms with Crippen LogP contribution >= 0.6 is 0 Å². The molecule has 0 aliphatic carbocycles. The average molecular weight is 470 g/mol. The molecular weight excluding hydrogens is 445 g/mol. The molecule has 5 rings (SSSR count). The third kappa shape index (κ3) is 4.96. The minimum Gasteiger partial charge on any atom is -0.491 e. The zero-order valence-electron chi connectivity index (χ0n) is 19.2. The molecule has 0 amide bonds. The summed E-state index contributed by atoms with van der Waals surface area (Å²) < 4.78 is 24.3. The van der Waals surface area contributed by atoms with E-state index in [2.05, 4.69) is 32.5 Å². The van der Waals surface area contributed by atoms with Crippen LogP contribution in [0.15, 0.2) is 72.8 Å². The molecule has 2 heterocycles. The van der Waals surface area contributed by atoms with Gasteiger partial charge in [-0.3, -0.25) is 4.98 Å². The molecule has 0 spiro atoms. The summed E-state index contributed by atoms with van der Waals surface area (Å²) >= 11 is 0. The van der Waals surface area contributed by atoms with Gasteiger partial charge < -0.3 is 9.47 Å². The zero-order chi connectivity index (χ0) is 24.0. The predicted molar refractivity (Wildman–Crippen MR) is 132 cm³/mol. The molecule has 8 heteroatoms. The van der Waals surface area contributed by atoms with E-state index >= 15 is 0 Å². The van der Waals surface area contributed by atoms with Gasteiger partial charge in [0.1, 0.15) is 31.4 Å². The first kappa shape index (κ1) is 22.5. The fourth-order valence-corrected chi connectivity index (χ4v) is 3.95. The number of benzene rings is 3. The molecule has 0 radical (unpaired) electrons. The largest absolute Gasteiger partial charge is 0.491 e. The van der Waals surface area contributed by atoms with Gasteiger partial charge in [-0.2, -0.15) is 5.21 Å². The molecule has 5 aromatic rings. The maximum Gasteiger partial charge on any atom is 0.205 e. The number of ether oxygens (including phenoxy) is 2. The highest BCUT2D eigenvalue weighted by atomic mass is 19.1. The third-order valence-corrected chi connectivity index (χ3v) is 5.65. The Hall–Kier alpha value is -4.33. The van der Waals surface area contributed by atoms with E-state index in [9.17, 15) is 4.39 Å². The number of alkyl halides is 1. The third-order valence-electron chi connectivity index (χ3n) is 5.65. The summed E-state index contributed by atoms with van der Waals surface area (Å²) in [4.78, 5) is 4.69. The average Bonchev–Trinajstić information content (AvgIpc) is 3.46. The number of aromatic amines is 1. The quantitative estimate of drug-likeness (QED) is 0.304. The first-order chi connectivity index (χ1) is 17.2. The smallest absolute Gasteiger partial charge is 0.205 e. The van der Waals surface area contributed by atoms with E-state index in [1.165, 1.54) is 0 Å². The van der Waals surface area contributed by atoms with Crippen LogP contribution in [0.1, 0.15) is 18.2 Å². The van der Waals surface area contributed by atoms with Gasteiger partial charge in [-0.1, -0.05) is 49.4 Å². The fraction of sp³-hybridized carbons (Fsp3) is 0.185. The highest BCUT2D eigenvalue weighted by Crippen LogP contribution is 2.33. The summed E-state index contributed by atoms with van der Waals surface area (Å²) in [5.41, 5.74) is 5.62. The topological polar surface area (TPSA) is 85.8 Å². The standard InChI is InChI=1S/C27H24FN5O2/c1-2-20-15-26(24-16-21(34-13-12-28)9-11-25(24)29-20)35-17-18-8-10-22(19-6-4-3-5-7-19)23(14-18)27-30-32-33-31-27/h3-11,14-16H,2,12-13,17H2,1H3,(H,30,31,32,33). The number of aryl methyl sites for hydroxylation is 1. The Labute approximate surface area is 201 Å². The van der Waals surface area contributed by atoms with Crippen molar-refractivity contribution in [2.45, 2.75) is 20.0 Å². The number of halogens is 1. The van der Waals surface area contributed by atoms with Crippen LogP contribution in [0, 0.1) is 0 Å². The number of hydrogen-bond acceptors (Lipinski definition) is 6. The molecule has 176 valence electrons. The monoisotopic (exact) mass is 469 g/mol. The summed E-state index contributed by atoms with van der Waals surface area (Å²) in [6.07, 6.45) is 0.778. The molecule has 1 N–H and O–H groups in total. The van der Waals surface area contributed by atoms with Crippen LogP contribution in [0.3, 0.4) is 0 Å². The minimum absolute atomic E-state index is 0.00872. The van der Waals surface area contributed by atoms with Crippen molar-refractivity contribution in [2.75, 3.05) is 13.3 Å². The van der Waals surface area contributed by atoms with Crippen LogP contribution in [0.4, 0.5) is 4.39 Å². The van der Waals surface area contributed by atoms with Gasteiger partial charge in [0.05, 0.1) is 5.52 Å². The molecule has 0 saturated carbocycles. The Bertz CT molecular complexity index is 1430. The number of hydrogen-bond donors (Lipinski definition) is 1. The maximum atomic E-state index is 12.6. The van der Waals surface area contributed by atoms with Crippen molar-refractivity contribution in [3.05, 3.63) is 84.1 Å². The lowest BCUT2D eigenvalue weighted by molar-refractivity contribution is 0.273. The maximum absolute atomic E-state index is 12.6. The first-order valence-corrected chi connectivity index (χ1v) is 11.4. The predicted octanol–water partition coefficient (Wildman–Crippen LogP) is 5.57. The molecule has 2 aromatic heterocycles. The van der Waals surface area contributed by atoms with Gasteiger partial charge in [0.2, 0.25) is 5.82 Å². The van der Waals surface area contributed by atoms with E-state index < -0.39 is 6.67 Å². The molecule has 7 nitrogen and oxygen atoms in total. The molecule has 0 atom stereocenters. The van der Waals surface area contributed by atoms with E-state index in [1.807, 2.05) is 66.7 Å². The lowest BCUT2D eigenvalue weighted by Crippen LogP contribution is -2.01. The van der Waals surface area contributed by atoms with Gasteiger partial charge in [0, 0.05) is 22.7 Å². The number of pyridine rings is 1. The SMILES string of the molecule is CCc1cc(OCc2ccc(-c3ccccc3)c(-c3nn[nH]n3)c2)c2cc(OCCF)ccc2n1. The van der Waals surface area contributed by atoms with Gasteiger partial charge in [0.15, 0.2) is 0 Å². The first-order valence-electron chi connectivity index (χ1n) is 11.4. The second-order valence-corrected chi connectivity index (χ2v) is 7.95. The number of nitrogens with one attached hydrogen (secondary N) is 1. The van der Waals surface area contributed by atoms with Crippen molar-refractivity contribution in [1.29, 1.82) is 0 Å². The minimum atomic E-state index is -0.546. The molecule has 0 fully saturated rings. The fourth-order valence-electron chi connectivity index (χ4n) is 3.95. The van der Waals surface area contributed by atoms with Crippen LogP contribution in [0.2, 0.25) is 0 Å². The van der Waals surface area contributed by atoms with Gasteiger partial charge in [0.25, 0.3) is 0 Å². The second kappa shape index (κ2) is 10.3. The Morgan fingerprint density at radius 2 is 1.80 bits per heavy atom. The molecule has 3 aromatic carbocycles. The Morgan fingerprint density at radius 1 is 0.914 bits per heavy atom.